The summed E-state index contributed by atoms with van der Waals surface area (Å²) < 4.78 is 0. The Morgan fingerprint density at radius 1 is 0.882 bits per heavy atom. The molecule has 3 aromatic rings. The van der Waals surface area contributed by atoms with Gasteiger partial charge in [-0.25, -0.2) is 0 Å². The monoisotopic (exact) mass is 453 g/mol. The fourth-order valence-corrected chi connectivity index (χ4v) is 3.73. The molecule has 3 aromatic carbocycles. The van der Waals surface area contributed by atoms with Crippen LogP contribution in [0.1, 0.15) is 28.7 Å². The lowest BCUT2D eigenvalue weighted by molar-refractivity contribution is 0.464. The lowest BCUT2D eigenvalue weighted by atomic mass is 9.98. The molecule has 0 aromatic heterocycles. The molecule has 0 aliphatic heterocycles. The summed E-state index contributed by atoms with van der Waals surface area (Å²) in [6.07, 6.45) is 8.87. The minimum atomic E-state index is 0.0126. The zero-order valence-electron chi connectivity index (χ0n) is 19.2. The smallest absolute Gasteiger partial charge is 0.146 e. The maximum atomic E-state index is 10.9. The van der Waals surface area contributed by atoms with Crippen molar-refractivity contribution in [3.8, 4) is 11.5 Å². The van der Waals surface area contributed by atoms with Crippen LogP contribution < -0.4 is 11.2 Å². The van der Waals surface area contributed by atoms with Gasteiger partial charge in [0.05, 0.1) is 17.1 Å². The first-order chi connectivity index (χ1) is 16.4. The molecule has 172 valence electrons. The number of allylic oxidation sites excluding steroid dienone is 4. The van der Waals surface area contributed by atoms with E-state index in [-0.39, 0.29) is 11.5 Å². The summed E-state index contributed by atoms with van der Waals surface area (Å²) in [7, 11) is 0. The van der Waals surface area contributed by atoms with Crippen LogP contribution in [0.5, 0.6) is 11.5 Å². The summed E-state index contributed by atoms with van der Waals surface area (Å²) >= 11 is 0. The van der Waals surface area contributed by atoms with Crippen molar-refractivity contribution in [3.63, 3.8) is 0 Å². The van der Waals surface area contributed by atoms with E-state index in [4.69, 9.17) is 5.73 Å². The number of hydrazone groups is 1. The third-order valence-corrected chi connectivity index (χ3v) is 5.41. The minimum Gasteiger partial charge on any atom is -0.505 e. The molecule has 0 bridgehead atoms. The minimum absolute atomic E-state index is 0.0126. The van der Waals surface area contributed by atoms with Gasteiger partial charge in [0.15, 0.2) is 0 Å². The maximum absolute atomic E-state index is 10.9. The standard InChI is InChI=1S/C27H27N5O2/c1-17-12-19(26(33)24(14-17)31-29-21-8-4-3-5-9-21)16-20-13-18(2)15-25(27(20)34)32-30-23-11-7-6-10-22(23)28/h3-8,10-15,31,33-34H,9,16,28H2,1-2H3/b29-21-,32-30?. The SMILES string of the molecule is Cc1cc(Cc2cc(C)cc(N/N=C3/C=CC=CC3)c2O)c(O)c(N=Nc2ccccc2N)c1. The zero-order chi connectivity index (χ0) is 24.1. The Kier molecular flexibility index (Phi) is 6.73. The molecule has 0 spiro atoms. The molecule has 0 atom stereocenters. The Hall–Kier alpha value is -4.39. The third kappa shape index (κ3) is 5.32. The second-order valence-corrected chi connectivity index (χ2v) is 8.25. The van der Waals surface area contributed by atoms with E-state index in [1.165, 1.54) is 0 Å². The van der Waals surface area contributed by atoms with Gasteiger partial charge in [0.2, 0.25) is 0 Å². The summed E-state index contributed by atoms with van der Waals surface area (Å²) in [6, 6.07) is 14.5. The highest BCUT2D eigenvalue weighted by molar-refractivity contribution is 5.97. The Bertz CT molecular complexity index is 1340. The van der Waals surface area contributed by atoms with E-state index in [1.54, 1.807) is 18.2 Å². The van der Waals surface area contributed by atoms with Gasteiger partial charge in [-0.15, -0.1) is 10.2 Å². The van der Waals surface area contributed by atoms with Crippen molar-refractivity contribution in [2.45, 2.75) is 26.7 Å². The van der Waals surface area contributed by atoms with Gasteiger partial charge in [-0.05, 0) is 55.3 Å². The van der Waals surface area contributed by atoms with Crippen LogP contribution in [0.2, 0.25) is 0 Å². The predicted molar refractivity (Wildman–Crippen MR) is 137 cm³/mol. The number of para-hydroxylation sites is 1. The number of aromatic hydroxyl groups is 2. The van der Waals surface area contributed by atoms with Crippen LogP contribution in [0.15, 0.2) is 88.2 Å². The largest absolute Gasteiger partial charge is 0.505 e. The number of azo groups is 1. The van der Waals surface area contributed by atoms with Gasteiger partial charge in [0, 0.05) is 24.0 Å². The van der Waals surface area contributed by atoms with E-state index in [0.717, 1.165) is 23.3 Å². The van der Waals surface area contributed by atoms with Crippen molar-refractivity contribution in [2.24, 2.45) is 15.3 Å². The third-order valence-electron chi connectivity index (χ3n) is 5.41. The predicted octanol–water partition coefficient (Wildman–Crippen LogP) is 6.59. The molecule has 0 radical (unpaired) electrons. The number of hydrogen-bond donors (Lipinski definition) is 4. The number of nitrogen functional groups attached to an aromatic ring is 1. The number of rotatable bonds is 6. The number of anilines is 2. The lowest BCUT2D eigenvalue weighted by Gasteiger charge is -2.14. The zero-order valence-corrected chi connectivity index (χ0v) is 19.2. The quantitative estimate of drug-likeness (QED) is 0.146. The van der Waals surface area contributed by atoms with Crippen LogP contribution in [-0.4, -0.2) is 15.9 Å². The number of phenols is 2. The van der Waals surface area contributed by atoms with Crippen LogP contribution in [0.25, 0.3) is 0 Å². The van der Waals surface area contributed by atoms with Crippen molar-refractivity contribution in [1.29, 1.82) is 0 Å². The highest BCUT2D eigenvalue weighted by atomic mass is 16.3. The van der Waals surface area contributed by atoms with Crippen LogP contribution in [-0.2, 0) is 6.42 Å². The first kappa shape index (κ1) is 22.8. The van der Waals surface area contributed by atoms with Crippen LogP contribution in [0.3, 0.4) is 0 Å². The van der Waals surface area contributed by atoms with Gasteiger partial charge >= 0.3 is 0 Å². The van der Waals surface area contributed by atoms with Gasteiger partial charge < -0.3 is 15.9 Å². The van der Waals surface area contributed by atoms with Crippen molar-refractivity contribution < 1.29 is 10.2 Å². The van der Waals surface area contributed by atoms with Crippen molar-refractivity contribution in [1.82, 2.24) is 0 Å². The van der Waals surface area contributed by atoms with Gasteiger partial charge in [-0.1, -0.05) is 42.5 Å². The highest BCUT2D eigenvalue weighted by Crippen LogP contribution is 2.38. The summed E-state index contributed by atoms with van der Waals surface area (Å²) in [4.78, 5) is 0. The molecule has 4 rings (SSSR count). The second-order valence-electron chi connectivity index (χ2n) is 8.25. The lowest BCUT2D eigenvalue weighted by Crippen LogP contribution is -2.01. The van der Waals surface area contributed by atoms with Crippen molar-refractivity contribution in [2.75, 3.05) is 11.2 Å². The Morgan fingerprint density at radius 2 is 1.59 bits per heavy atom. The second kappa shape index (κ2) is 10.0. The van der Waals surface area contributed by atoms with Gasteiger partial charge in [0.1, 0.15) is 22.9 Å². The molecule has 0 amide bonds. The number of nitrogens with zero attached hydrogens (tertiary/aromatic N) is 3. The van der Waals surface area contributed by atoms with E-state index in [9.17, 15) is 10.2 Å². The molecule has 0 saturated carbocycles. The molecule has 0 saturated heterocycles. The molecule has 7 nitrogen and oxygen atoms in total. The van der Waals surface area contributed by atoms with Gasteiger partial charge in [-0.2, -0.15) is 5.10 Å². The Balaban J connectivity index is 1.62. The fourth-order valence-electron chi connectivity index (χ4n) is 3.73. The molecule has 0 unspecified atom stereocenters. The number of benzene rings is 3. The number of aryl methyl sites for hydroxylation is 2. The van der Waals surface area contributed by atoms with E-state index >= 15 is 0 Å². The first-order valence-electron chi connectivity index (χ1n) is 11.0. The van der Waals surface area contributed by atoms with E-state index in [1.807, 2.05) is 68.5 Å². The molecule has 7 heteroatoms. The molecular weight excluding hydrogens is 426 g/mol. The summed E-state index contributed by atoms with van der Waals surface area (Å²) in [5.41, 5.74) is 14.8. The fraction of sp³-hybridized carbons (Fsp3) is 0.148. The first-order valence-corrected chi connectivity index (χ1v) is 11.0. The molecule has 5 N–H and O–H groups in total. The summed E-state index contributed by atoms with van der Waals surface area (Å²) in [6.45, 7) is 3.87. The van der Waals surface area contributed by atoms with Crippen LogP contribution in [0.4, 0.5) is 22.7 Å². The number of hydrogen-bond acceptors (Lipinski definition) is 7. The van der Waals surface area contributed by atoms with Crippen LogP contribution >= 0.6 is 0 Å². The van der Waals surface area contributed by atoms with Crippen molar-refractivity contribution in [3.05, 3.63) is 95.1 Å². The average Bonchev–Trinajstić information content (AvgIpc) is 2.83. The Morgan fingerprint density at radius 3 is 2.32 bits per heavy atom. The van der Waals surface area contributed by atoms with E-state index in [0.29, 0.717) is 40.3 Å². The molecule has 0 fully saturated rings. The molecule has 34 heavy (non-hydrogen) atoms. The van der Waals surface area contributed by atoms with E-state index in [2.05, 4.69) is 20.8 Å². The van der Waals surface area contributed by atoms with Crippen molar-refractivity contribution >= 4 is 28.5 Å². The molecule has 1 aliphatic carbocycles. The van der Waals surface area contributed by atoms with E-state index < -0.39 is 0 Å². The molecule has 0 heterocycles. The maximum Gasteiger partial charge on any atom is 0.146 e. The molecular formula is C27H27N5O2. The van der Waals surface area contributed by atoms with Gasteiger partial charge in [0.25, 0.3) is 0 Å². The number of phenolic OH excluding ortho intramolecular Hbond substituents is 2. The van der Waals surface area contributed by atoms with Gasteiger partial charge in [-0.3, -0.25) is 5.43 Å². The average molecular weight is 454 g/mol. The normalized spacial score (nSPS) is 14.2. The number of nitrogens with one attached hydrogen (secondary N) is 1. The topological polar surface area (TPSA) is 116 Å². The summed E-state index contributed by atoms with van der Waals surface area (Å²) in [5, 5.41) is 34.6. The Labute approximate surface area is 198 Å². The highest BCUT2D eigenvalue weighted by Gasteiger charge is 2.15. The molecule has 1 aliphatic rings. The number of nitrogens with two attached hydrogens (primary N) is 1. The summed E-state index contributed by atoms with van der Waals surface area (Å²) in [5.74, 6) is 0.102. The van der Waals surface area contributed by atoms with Crippen LogP contribution in [0, 0.1) is 13.8 Å².